The molecule has 0 aliphatic rings. The predicted molar refractivity (Wildman–Crippen MR) is 82.0 cm³/mol. The fourth-order valence-electron chi connectivity index (χ4n) is 1.52. The van der Waals surface area contributed by atoms with Gasteiger partial charge in [-0.2, -0.15) is 9.78 Å². The Kier molecular flexibility index (Phi) is 3.93. The van der Waals surface area contributed by atoms with Crippen LogP contribution in [0.5, 0.6) is 0 Å². The number of benzene rings is 1. The summed E-state index contributed by atoms with van der Waals surface area (Å²) >= 11 is 2.25. The summed E-state index contributed by atoms with van der Waals surface area (Å²) in [5, 5.41) is 4.04. The van der Waals surface area contributed by atoms with Gasteiger partial charge in [0.1, 0.15) is 5.60 Å². The third-order valence-electron chi connectivity index (χ3n) is 2.34. The number of aromatic nitrogens is 2. The monoisotopic (exact) mass is 370 g/mol. The maximum Gasteiger partial charge on any atom is 0.435 e. The lowest BCUT2D eigenvalue weighted by Gasteiger charge is -2.18. The molecule has 0 amide bonds. The second kappa shape index (κ2) is 5.32. The Hall–Kier alpha value is -1.37. The van der Waals surface area contributed by atoms with E-state index in [1.165, 1.54) is 8.25 Å². The lowest BCUT2D eigenvalue weighted by Crippen LogP contribution is -2.27. The van der Waals surface area contributed by atoms with Crippen molar-refractivity contribution in [3.8, 4) is 11.1 Å². The zero-order valence-corrected chi connectivity index (χ0v) is 13.2. The molecular weight excluding hydrogens is 355 g/mol. The first-order valence-corrected chi connectivity index (χ1v) is 6.97. The van der Waals surface area contributed by atoms with Crippen LogP contribution in [0.1, 0.15) is 20.8 Å². The maximum atomic E-state index is 11.8. The van der Waals surface area contributed by atoms with Crippen molar-refractivity contribution < 1.29 is 9.53 Å². The normalized spacial score (nSPS) is 11.4. The molecule has 0 aliphatic heterocycles. The third-order valence-corrected chi connectivity index (χ3v) is 3.06. The first-order chi connectivity index (χ1) is 8.85. The standard InChI is InChI=1S/C14H15IN2O2/c1-14(2,3)19-13(18)17-9-11(8-16-17)10-4-6-12(15)7-5-10/h4-9H,1-3H3. The Morgan fingerprint density at radius 2 is 1.84 bits per heavy atom. The fraction of sp³-hybridized carbons (Fsp3) is 0.286. The van der Waals surface area contributed by atoms with Crippen molar-refractivity contribution in [2.24, 2.45) is 0 Å². The van der Waals surface area contributed by atoms with Crippen LogP contribution in [0, 0.1) is 3.57 Å². The smallest absolute Gasteiger partial charge is 0.435 e. The highest BCUT2D eigenvalue weighted by Gasteiger charge is 2.18. The minimum Gasteiger partial charge on any atom is -0.442 e. The molecule has 0 aliphatic carbocycles. The Labute approximate surface area is 125 Å². The molecule has 0 saturated carbocycles. The number of carbonyl (C=O) groups is 1. The molecule has 2 aromatic rings. The van der Waals surface area contributed by atoms with E-state index in [0.717, 1.165) is 11.1 Å². The van der Waals surface area contributed by atoms with E-state index < -0.39 is 11.7 Å². The minimum absolute atomic E-state index is 0.468. The number of rotatable bonds is 1. The van der Waals surface area contributed by atoms with Gasteiger partial charge in [-0.25, -0.2) is 4.79 Å². The van der Waals surface area contributed by atoms with Gasteiger partial charge < -0.3 is 4.74 Å². The molecule has 0 unspecified atom stereocenters. The largest absolute Gasteiger partial charge is 0.442 e. The molecule has 2 rings (SSSR count). The third kappa shape index (κ3) is 3.79. The van der Waals surface area contributed by atoms with Gasteiger partial charge in [0.05, 0.1) is 6.20 Å². The average molecular weight is 370 g/mol. The van der Waals surface area contributed by atoms with Crippen LogP contribution in [0.3, 0.4) is 0 Å². The Morgan fingerprint density at radius 1 is 1.21 bits per heavy atom. The topological polar surface area (TPSA) is 44.1 Å². The van der Waals surface area contributed by atoms with Crippen molar-refractivity contribution in [3.63, 3.8) is 0 Å². The van der Waals surface area contributed by atoms with E-state index in [1.807, 2.05) is 45.0 Å². The van der Waals surface area contributed by atoms with Gasteiger partial charge in [-0.3, -0.25) is 0 Å². The van der Waals surface area contributed by atoms with E-state index in [0.29, 0.717) is 0 Å². The first-order valence-electron chi connectivity index (χ1n) is 5.89. The quantitative estimate of drug-likeness (QED) is 0.715. The molecule has 100 valence electrons. The molecule has 0 saturated heterocycles. The van der Waals surface area contributed by atoms with Crippen LogP contribution >= 0.6 is 22.6 Å². The lowest BCUT2D eigenvalue weighted by atomic mass is 10.1. The molecule has 0 spiro atoms. The average Bonchev–Trinajstić information content (AvgIpc) is 2.77. The SMILES string of the molecule is CC(C)(C)OC(=O)n1cc(-c2ccc(I)cc2)cn1. The summed E-state index contributed by atoms with van der Waals surface area (Å²) in [5.74, 6) is 0. The van der Waals surface area contributed by atoms with Crippen LogP contribution in [0.2, 0.25) is 0 Å². The molecule has 0 fully saturated rings. The predicted octanol–water partition coefficient (Wildman–Crippen LogP) is 3.94. The fourth-order valence-corrected chi connectivity index (χ4v) is 1.88. The lowest BCUT2D eigenvalue weighted by molar-refractivity contribution is 0.0514. The van der Waals surface area contributed by atoms with Crippen LogP contribution < -0.4 is 0 Å². The van der Waals surface area contributed by atoms with Gasteiger partial charge in [-0.1, -0.05) is 12.1 Å². The van der Waals surface area contributed by atoms with Crippen molar-refractivity contribution in [2.75, 3.05) is 0 Å². The zero-order chi connectivity index (χ0) is 14.0. The Balaban J connectivity index is 2.19. The highest BCUT2D eigenvalue weighted by Crippen LogP contribution is 2.20. The minimum atomic E-state index is -0.522. The Morgan fingerprint density at radius 3 is 2.42 bits per heavy atom. The highest BCUT2D eigenvalue weighted by molar-refractivity contribution is 14.1. The maximum absolute atomic E-state index is 11.8. The van der Waals surface area contributed by atoms with E-state index in [1.54, 1.807) is 12.4 Å². The summed E-state index contributed by atoms with van der Waals surface area (Å²) in [6.45, 7) is 5.48. The second-order valence-electron chi connectivity index (χ2n) is 5.16. The van der Waals surface area contributed by atoms with Gasteiger partial charge in [0.25, 0.3) is 0 Å². The van der Waals surface area contributed by atoms with Crippen molar-refractivity contribution in [2.45, 2.75) is 26.4 Å². The molecule has 19 heavy (non-hydrogen) atoms. The van der Waals surface area contributed by atoms with Crippen molar-refractivity contribution in [3.05, 3.63) is 40.2 Å². The van der Waals surface area contributed by atoms with Crippen LogP contribution in [0.4, 0.5) is 4.79 Å². The number of hydrogen-bond acceptors (Lipinski definition) is 3. The van der Waals surface area contributed by atoms with E-state index in [4.69, 9.17) is 4.74 Å². The summed E-state index contributed by atoms with van der Waals surface area (Å²) in [4.78, 5) is 11.8. The van der Waals surface area contributed by atoms with Gasteiger partial charge in [-0.15, -0.1) is 0 Å². The molecule has 1 aromatic heterocycles. The number of nitrogens with zero attached hydrogens (tertiary/aromatic N) is 2. The molecule has 1 heterocycles. The number of carbonyl (C=O) groups excluding carboxylic acids is 1. The van der Waals surface area contributed by atoms with Gasteiger partial charge in [0.15, 0.2) is 0 Å². The van der Waals surface area contributed by atoms with Gasteiger partial charge in [-0.05, 0) is 61.1 Å². The summed E-state index contributed by atoms with van der Waals surface area (Å²) in [5.41, 5.74) is 1.39. The van der Waals surface area contributed by atoms with Crippen molar-refractivity contribution >= 4 is 28.7 Å². The van der Waals surface area contributed by atoms with E-state index in [-0.39, 0.29) is 0 Å². The zero-order valence-electron chi connectivity index (χ0n) is 11.1. The van der Waals surface area contributed by atoms with Gasteiger partial charge >= 0.3 is 6.09 Å². The van der Waals surface area contributed by atoms with Crippen LogP contribution in [0.25, 0.3) is 11.1 Å². The molecule has 1 aromatic carbocycles. The number of hydrogen-bond donors (Lipinski definition) is 0. The van der Waals surface area contributed by atoms with Crippen molar-refractivity contribution in [1.29, 1.82) is 0 Å². The van der Waals surface area contributed by atoms with Gasteiger partial charge in [0.2, 0.25) is 0 Å². The van der Waals surface area contributed by atoms with Crippen LogP contribution in [-0.4, -0.2) is 21.5 Å². The molecule has 0 radical (unpaired) electrons. The van der Waals surface area contributed by atoms with Gasteiger partial charge in [0, 0.05) is 15.3 Å². The first kappa shape index (κ1) is 14.0. The summed E-state index contributed by atoms with van der Waals surface area (Å²) < 4.78 is 7.64. The second-order valence-corrected chi connectivity index (χ2v) is 6.41. The highest BCUT2D eigenvalue weighted by atomic mass is 127. The summed E-state index contributed by atoms with van der Waals surface area (Å²) in [7, 11) is 0. The van der Waals surface area contributed by atoms with E-state index >= 15 is 0 Å². The van der Waals surface area contributed by atoms with Crippen LogP contribution in [-0.2, 0) is 4.74 Å². The molecular formula is C14H15IN2O2. The summed E-state index contributed by atoms with van der Waals surface area (Å²) in [6, 6.07) is 8.03. The van der Waals surface area contributed by atoms with E-state index in [9.17, 15) is 4.79 Å². The summed E-state index contributed by atoms with van der Waals surface area (Å²) in [6.07, 6.45) is 2.87. The number of halogens is 1. The molecule has 4 nitrogen and oxygen atoms in total. The molecule has 0 atom stereocenters. The molecule has 5 heteroatoms. The van der Waals surface area contributed by atoms with Crippen LogP contribution in [0.15, 0.2) is 36.7 Å². The molecule has 0 N–H and O–H groups in total. The van der Waals surface area contributed by atoms with E-state index in [2.05, 4.69) is 27.7 Å². The molecule has 0 bridgehead atoms. The number of ether oxygens (including phenoxy) is 1. The Bertz CT molecular complexity index is 582. The van der Waals surface area contributed by atoms with Crippen molar-refractivity contribution in [1.82, 2.24) is 9.78 Å².